The second kappa shape index (κ2) is 42.8. The van der Waals surface area contributed by atoms with Crippen LogP contribution in [-0.4, -0.2) is 125 Å². The van der Waals surface area contributed by atoms with Crippen molar-refractivity contribution in [2.24, 2.45) is 11.1 Å². The fourth-order valence-corrected chi connectivity index (χ4v) is 9.50. The van der Waals surface area contributed by atoms with Gasteiger partial charge in [-0.1, -0.05) is 194 Å². The second-order valence-electron chi connectivity index (χ2n) is 30.5. The number of aliphatic hydroxyl groups excluding tert-OH is 1. The highest BCUT2D eigenvalue weighted by molar-refractivity contribution is 7.89. The third-order valence-electron chi connectivity index (χ3n) is 15.2. The normalized spacial score (nSPS) is 12.3. The number of sulfonamides is 1. The van der Waals surface area contributed by atoms with E-state index in [-0.39, 0.29) is 88.9 Å². The molecule has 2 aromatic heterocycles. The number of anilines is 5. The molecule has 0 saturated heterocycles. The first kappa shape index (κ1) is 93.1. The van der Waals surface area contributed by atoms with E-state index in [1.54, 1.807) is 51.0 Å². The number of ether oxygens (including phenoxy) is 5. The van der Waals surface area contributed by atoms with E-state index >= 15 is 0 Å². The van der Waals surface area contributed by atoms with E-state index in [9.17, 15) is 37.2 Å². The molecular formula is C79H120N10O14S. The molecule has 0 bridgehead atoms. The Bertz CT molecular complexity index is 3700. The van der Waals surface area contributed by atoms with Crippen molar-refractivity contribution in [1.82, 2.24) is 19.7 Å². The van der Waals surface area contributed by atoms with Crippen LogP contribution in [0, 0.1) is 5.41 Å². The molecule has 0 aliphatic heterocycles. The molecule has 0 radical (unpaired) electrons. The highest BCUT2D eigenvalue weighted by Crippen LogP contribution is 2.46. The predicted octanol–water partition coefficient (Wildman–Crippen LogP) is 15.5. The molecule has 0 unspecified atom stereocenters. The van der Waals surface area contributed by atoms with Crippen molar-refractivity contribution < 1.29 is 66.0 Å². The first-order valence-corrected chi connectivity index (χ1v) is 35.7. The summed E-state index contributed by atoms with van der Waals surface area (Å²) in [5.74, 6) is -0.113. The minimum atomic E-state index is -3.49. The molecule has 6 amide bonds. The molecule has 24 nitrogen and oxygen atoms in total. The van der Waals surface area contributed by atoms with Crippen molar-refractivity contribution in [2.75, 3.05) is 87.0 Å². The fourth-order valence-electron chi connectivity index (χ4n) is 8.48. The number of hydrogen-bond acceptors (Lipinski definition) is 17. The van der Waals surface area contributed by atoms with Gasteiger partial charge in [-0.25, -0.2) is 42.5 Å². The van der Waals surface area contributed by atoms with Crippen LogP contribution in [0.15, 0.2) is 133 Å². The lowest BCUT2D eigenvalue weighted by atomic mass is 9.87. The van der Waals surface area contributed by atoms with Crippen molar-refractivity contribution >= 4 is 74.9 Å². The van der Waals surface area contributed by atoms with Gasteiger partial charge in [0, 0.05) is 63.3 Å². The van der Waals surface area contributed by atoms with Crippen LogP contribution < -0.4 is 37.0 Å². The number of methoxy groups -OCH3 is 2. The molecule has 576 valence electrons. The number of aliphatic hydroxyl groups is 1. The zero-order chi connectivity index (χ0) is 78.2. The largest absolute Gasteiger partial charge is 0.449 e. The molecule has 2 heterocycles. The molecule has 104 heavy (non-hydrogen) atoms. The monoisotopic (exact) mass is 1460 g/mol. The number of pyridine rings is 1. The standard InChI is InChI=1S/C15H20N2O2.C14H21NO3.C13H20N2O3.C12H19N3O2.C12H19NO3S.C12H17NO.CH4/c1-14(2,3)10-4-6-11(7-5-10)17-13(19)15(8-9-15)12(16)18;1-14(2,3)11-6-5-7-12(10-11)15-13(16)18-9-8-17-4;1-13(2,3)10-5-6-11(14-9-10)15-12(16)18-8-7-17-4;1-5-6-17-11(16)15-10-13-7-9(8-14-10)12(2,3)4;1-12(2,3)10-4-6-11(7-5-10)17(15,16)13-8-9-14;1-9(14)13-11-7-5-10(6-8-11)12(2,3)4;/h4-7H,8-9H2,1-3H3,(H2,16,18)(H,17,19);5-7,10H,8-9H2,1-4H3,(H,15,16);5-6,9H,7-8H2,1-4H3,(H,14,15,16);7-8H,5-6H2,1-4H3,(H,13,14,15,16);4-7,13-14H,8-9H2,1-3H3;5-8H,1-4H3,(H,13,14);1H4. The average Bonchev–Trinajstić information content (AvgIpc) is 1.62. The molecule has 1 aliphatic carbocycles. The van der Waals surface area contributed by atoms with Gasteiger partial charge in [0.2, 0.25) is 33.7 Å². The summed E-state index contributed by atoms with van der Waals surface area (Å²) in [6.45, 7) is 43.0. The number of nitrogens with one attached hydrogen (secondary N) is 6. The van der Waals surface area contributed by atoms with Gasteiger partial charge in [-0.15, -0.1) is 0 Å². The Morgan fingerprint density at radius 1 is 0.481 bits per heavy atom. The number of carbonyl (C=O) groups is 6. The van der Waals surface area contributed by atoms with Crippen LogP contribution in [0.4, 0.5) is 43.2 Å². The topological polar surface area (TPSA) is 340 Å². The van der Waals surface area contributed by atoms with Crippen molar-refractivity contribution in [3.63, 3.8) is 0 Å². The second-order valence-corrected chi connectivity index (χ2v) is 32.2. The number of benzene rings is 4. The van der Waals surface area contributed by atoms with Crippen molar-refractivity contribution in [3.8, 4) is 0 Å². The molecule has 1 saturated carbocycles. The van der Waals surface area contributed by atoms with Crippen LogP contribution in [0.5, 0.6) is 0 Å². The van der Waals surface area contributed by atoms with Gasteiger partial charge in [0.25, 0.3) is 0 Å². The minimum absolute atomic E-state index is 0. The zero-order valence-corrected chi connectivity index (χ0v) is 65.6. The lowest BCUT2D eigenvalue weighted by molar-refractivity contribution is -0.132. The molecule has 0 atom stereocenters. The van der Waals surface area contributed by atoms with Crippen LogP contribution >= 0.6 is 0 Å². The maximum Gasteiger partial charge on any atom is 0.414 e. The van der Waals surface area contributed by atoms with Crippen LogP contribution in [-0.2, 0) is 80.6 Å². The third-order valence-corrected chi connectivity index (χ3v) is 16.7. The summed E-state index contributed by atoms with van der Waals surface area (Å²) < 4.78 is 50.0. The summed E-state index contributed by atoms with van der Waals surface area (Å²) in [6.07, 6.45) is 5.56. The maximum atomic E-state index is 12.0. The van der Waals surface area contributed by atoms with Gasteiger partial charge in [-0.3, -0.25) is 30.3 Å². The Labute approximate surface area is 619 Å². The molecule has 1 fully saturated rings. The molecule has 4 aromatic carbocycles. The lowest BCUT2D eigenvalue weighted by Gasteiger charge is -2.19. The Morgan fingerprint density at radius 2 is 0.885 bits per heavy atom. The first-order chi connectivity index (χ1) is 47.7. The molecule has 0 spiro atoms. The lowest BCUT2D eigenvalue weighted by Crippen LogP contribution is -2.36. The van der Waals surface area contributed by atoms with Gasteiger partial charge < -0.3 is 45.2 Å². The smallest absolute Gasteiger partial charge is 0.414 e. The zero-order valence-electron chi connectivity index (χ0n) is 64.8. The van der Waals surface area contributed by atoms with Gasteiger partial charge >= 0.3 is 18.3 Å². The van der Waals surface area contributed by atoms with E-state index in [0.717, 1.165) is 40.0 Å². The van der Waals surface area contributed by atoms with Crippen LogP contribution in [0.25, 0.3) is 0 Å². The average molecular weight is 1470 g/mol. The van der Waals surface area contributed by atoms with E-state index in [1.807, 2.05) is 97.9 Å². The Balaban J connectivity index is 0.000000624. The number of primary amides is 1. The quantitative estimate of drug-likeness (QED) is 0.0212. The number of rotatable bonds is 19. The molecule has 25 heteroatoms. The summed E-state index contributed by atoms with van der Waals surface area (Å²) in [6, 6.07) is 33.9. The summed E-state index contributed by atoms with van der Waals surface area (Å²) in [7, 11) is -0.381. The summed E-state index contributed by atoms with van der Waals surface area (Å²) in [4.78, 5) is 80.6. The highest BCUT2D eigenvalue weighted by atomic mass is 32.2. The van der Waals surface area contributed by atoms with E-state index in [0.29, 0.717) is 44.2 Å². The number of carbonyl (C=O) groups excluding carboxylic acids is 6. The van der Waals surface area contributed by atoms with Crippen LogP contribution in [0.3, 0.4) is 0 Å². The van der Waals surface area contributed by atoms with Gasteiger partial charge in [0.1, 0.15) is 24.4 Å². The highest BCUT2D eigenvalue weighted by Gasteiger charge is 2.55. The van der Waals surface area contributed by atoms with Crippen LogP contribution in [0.1, 0.15) is 199 Å². The number of nitrogens with zero attached hydrogens (tertiary/aromatic N) is 3. The number of hydrogen-bond donors (Lipinski definition) is 8. The van der Waals surface area contributed by atoms with Gasteiger partial charge in [0.15, 0.2) is 0 Å². The predicted molar refractivity (Wildman–Crippen MR) is 416 cm³/mol. The summed E-state index contributed by atoms with van der Waals surface area (Å²) in [5, 5.41) is 21.8. The van der Waals surface area contributed by atoms with Gasteiger partial charge in [0.05, 0.1) is 31.3 Å². The van der Waals surface area contributed by atoms with Crippen molar-refractivity contribution in [1.29, 1.82) is 0 Å². The first-order valence-electron chi connectivity index (χ1n) is 34.2. The number of nitrogens with two attached hydrogens (primary N) is 1. The minimum Gasteiger partial charge on any atom is -0.449 e. The molecule has 7 rings (SSSR count). The molecule has 6 aromatic rings. The van der Waals surface area contributed by atoms with Gasteiger partial charge in [-0.2, -0.15) is 0 Å². The van der Waals surface area contributed by atoms with E-state index in [2.05, 4.69) is 171 Å². The third kappa shape index (κ3) is 35.5. The Kier molecular flexibility index (Phi) is 38.3. The van der Waals surface area contributed by atoms with Crippen molar-refractivity contribution in [3.05, 3.63) is 161 Å². The number of amides is 6. The number of aromatic nitrogens is 3. The molecule has 1 aliphatic rings. The fraction of sp³-hybridized carbons (Fsp3) is 0.506. The van der Waals surface area contributed by atoms with E-state index in [4.69, 9.17) is 34.5 Å². The molecule has 9 N–H and O–H groups in total. The molecular weight excluding hydrogens is 1340 g/mol. The van der Waals surface area contributed by atoms with E-state index in [1.165, 1.54) is 18.1 Å². The van der Waals surface area contributed by atoms with Crippen LogP contribution in [0.2, 0.25) is 0 Å². The maximum absolute atomic E-state index is 12.0. The summed E-state index contributed by atoms with van der Waals surface area (Å²) in [5.41, 5.74) is 13.8. The van der Waals surface area contributed by atoms with Gasteiger partial charge in [-0.05, 0) is 140 Å². The SMILES string of the molecule is C.CC(=O)Nc1ccc(C(C)(C)C)cc1.CC(C)(C)c1ccc(NC(=O)C2(C(N)=O)CC2)cc1.CC(C)(C)c1ccc(S(=O)(=O)NCCO)cc1.CCCOC(=O)Nc1ncc(C(C)(C)C)cn1.COCCOC(=O)Nc1ccc(C(C)(C)C)cn1.COCCOC(=O)Nc1cccc(C(C)(C)C)c1. The Hall–Kier alpha value is -8.88. The van der Waals surface area contributed by atoms with E-state index < -0.39 is 39.6 Å². The summed E-state index contributed by atoms with van der Waals surface area (Å²) >= 11 is 0. The van der Waals surface area contributed by atoms with Crippen molar-refractivity contribution in [2.45, 2.75) is 203 Å². The Morgan fingerprint density at radius 3 is 1.27 bits per heavy atom.